The molecular formula is C18H26N4O3S. The number of aromatic nitrogens is 4. The topological polar surface area (TPSA) is 87.0 Å². The number of hydrogen-bond acceptors (Lipinski definition) is 6. The van der Waals surface area contributed by atoms with Crippen LogP contribution in [0.25, 0.3) is 11.4 Å². The molecule has 0 saturated heterocycles. The first-order chi connectivity index (χ1) is 12.2. The summed E-state index contributed by atoms with van der Waals surface area (Å²) in [6.45, 7) is 8.44. The zero-order valence-electron chi connectivity index (χ0n) is 16.0. The van der Waals surface area contributed by atoms with Crippen LogP contribution < -0.4 is 0 Å². The van der Waals surface area contributed by atoms with Crippen LogP contribution in [0.15, 0.2) is 23.5 Å². The van der Waals surface area contributed by atoms with Gasteiger partial charge < -0.3 is 4.74 Å². The lowest BCUT2D eigenvalue weighted by Gasteiger charge is -2.22. The summed E-state index contributed by atoms with van der Waals surface area (Å²) in [4.78, 5) is 20.7. The third-order valence-corrected chi connectivity index (χ3v) is 4.40. The molecule has 0 aliphatic rings. The number of esters is 1. The minimum absolute atomic E-state index is 0.240. The van der Waals surface area contributed by atoms with Crippen molar-refractivity contribution in [2.24, 2.45) is 0 Å². The number of hydrogen-bond donors (Lipinski definition) is 0. The van der Waals surface area contributed by atoms with Crippen molar-refractivity contribution >= 4 is 16.8 Å². The number of nitrogens with zero attached hydrogens (tertiary/aromatic N) is 4. The van der Waals surface area contributed by atoms with Crippen molar-refractivity contribution in [3.8, 4) is 11.4 Å². The SMILES string of the molecule is CCCCCOC(=O)c1cc(-c2ccnc(S(C)=O)n2)n(C(C)(C)C)n1. The summed E-state index contributed by atoms with van der Waals surface area (Å²) in [6.07, 6.45) is 6.01. The highest BCUT2D eigenvalue weighted by Crippen LogP contribution is 2.26. The van der Waals surface area contributed by atoms with Gasteiger partial charge in [-0.15, -0.1) is 0 Å². The molecule has 7 nitrogen and oxygen atoms in total. The molecule has 8 heteroatoms. The number of ether oxygens (including phenoxy) is 1. The molecule has 2 aromatic heterocycles. The van der Waals surface area contributed by atoms with Gasteiger partial charge in [0.25, 0.3) is 0 Å². The minimum Gasteiger partial charge on any atom is -0.461 e. The van der Waals surface area contributed by atoms with Gasteiger partial charge in [0.05, 0.1) is 34.3 Å². The predicted molar refractivity (Wildman–Crippen MR) is 100 cm³/mol. The van der Waals surface area contributed by atoms with E-state index in [1.807, 2.05) is 20.8 Å². The van der Waals surface area contributed by atoms with Gasteiger partial charge >= 0.3 is 5.97 Å². The number of carbonyl (C=O) groups is 1. The van der Waals surface area contributed by atoms with E-state index in [1.165, 1.54) is 6.26 Å². The molecule has 0 aliphatic carbocycles. The first-order valence-electron chi connectivity index (χ1n) is 8.68. The van der Waals surface area contributed by atoms with E-state index in [0.717, 1.165) is 19.3 Å². The zero-order chi connectivity index (χ0) is 19.3. The Morgan fingerprint density at radius 1 is 1.31 bits per heavy atom. The molecule has 0 amide bonds. The minimum atomic E-state index is -1.29. The maximum Gasteiger partial charge on any atom is 0.358 e. The first-order valence-corrected chi connectivity index (χ1v) is 10.2. The normalized spacial score (nSPS) is 12.8. The van der Waals surface area contributed by atoms with Crippen molar-refractivity contribution in [2.45, 2.75) is 57.7 Å². The fraction of sp³-hybridized carbons (Fsp3) is 0.556. The standard InChI is InChI=1S/C18H26N4O3S/c1-6-7-8-11-25-16(23)14-12-15(22(21-14)18(2,3)4)13-9-10-19-17(20-13)26(5)24/h9-10,12H,6-8,11H2,1-5H3. The third kappa shape index (κ3) is 4.97. The fourth-order valence-corrected chi connectivity index (χ4v) is 2.82. The van der Waals surface area contributed by atoms with Crippen LogP contribution >= 0.6 is 0 Å². The van der Waals surface area contributed by atoms with Crippen LogP contribution in [0.5, 0.6) is 0 Å². The molecule has 0 radical (unpaired) electrons. The fourth-order valence-electron chi connectivity index (χ4n) is 2.39. The van der Waals surface area contributed by atoms with Gasteiger partial charge in [0.2, 0.25) is 5.16 Å². The van der Waals surface area contributed by atoms with Gasteiger partial charge in [0.1, 0.15) is 0 Å². The van der Waals surface area contributed by atoms with Gasteiger partial charge in [0, 0.05) is 18.5 Å². The van der Waals surface area contributed by atoms with E-state index in [0.29, 0.717) is 18.0 Å². The van der Waals surface area contributed by atoms with Gasteiger partial charge in [-0.25, -0.2) is 14.8 Å². The summed E-state index contributed by atoms with van der Waals surface area (Å²) in [7, 11) is -1.29. The quantitative estimate of drug-likeness (QED) is 0.418. The van der Waals surface area contributed by atoms with Gasteiger partial charge in [-0.1, -0.05) is 19.8 Å². The van der Waals surface area contributed by atoms with E-state index in [4.69, 9.17) is 4.74 Å². The Hall–Kier alpha value is -2.09. The van der Waals surface area contributed by atoms with Crippen LogP contribution in [0.4, 0.5) is 0 Å². The highest BCUT2D eigenvalue weighted by atomic mass is 32.2. The summed E-state index contributed by atoms with van der Waals surface area (Å²) < 4.78 is 18.7. The van der Waals surface area contributed by atoms with Crippen LogP contribution in [-0.4, -0.2) is 42.8 Å². The highest BCUT2D eigenvalue weighted by molar-refractivity contribution is 7.84. The lowest BCUT2D eigenvalue weighted by molar-refractivity contribution is 0.0489. The summed E-state index contributed by atoms with van der Waals surface area (Å²) in [5, 5.41) is 4.68. The predicted octanol–water partition coefficient (Wildman–Crippen LogP) is 3.18. The second-order valence-electron chi connectivity index (χ2n) is 7.02. The van der Waals surface area contributed by atoms with Crippen LogP contribution in [0.3, 0.4) is 0 Å². The Bertz CT molecular complexity index is 796. The molecule has 0 bridgehead atoms. The van der Waals surface area contributed by atoms with Crippen molar-refractivity contribution in [1.82, 2.24) is 19.7 Å². The van der Waals surface area contributed by atoms with Crippen molar-refractivity contribution < 1.29 is 13.7 Å². The average molecular weight is 378 g/mol. The van der Waals surface area contributed by atoms with Crippen LogP contribution in [-0.2, 0) is 21.1 Å². The van der Waals surface area contributed by atoms with Crippen LogP contribution in [0, 0.1) is 0 Å². The van der Waals surface area contributed by atoms with Gasteiger partial charge in [-0.05, 0) is 33.3 Å². The molecule has 1 atom stereocenters. The third-order valence-electron chi connectivity index (χ3n) is 3.69. The van der Waals surface area contributed by atoms with Crippen LogP contribution in [0.2, 0.25) is 0 Å². The average Bonchev–Trinajstić information content (AvgIpc) is 3.04. The first kappa shape index (κ1) is 20.2. The molecule has 2 aromatic rings. The second kappa shape index (κ2) is 8.53. The molecule has 26 heavy (non-hydrogen) atoms. The molecule has 0 spiro atoms. The van der Waals surface area contributed by atoms with E-state index in [-0.39, 0.29) is 16.4 Å². The molecule has 142 valence electrons. The monoisotopic (exact) mass is 378 g/mol. The highest BCUT2D eigenvalue weighted by Gasteiger charge is 2.24. The maximum absolute atomic E-state index is 12.3. The molecular weight excluding hydrogens is 352 g/mol. The van der Waals surface area contributed by atoms with Gasteiger partial charge in [-0.3, -0.25) is 8.89 Å². The van der Waals surface area contributed by atoms with Crippen molar-refractivity contribution in [1.29, 1.82) is 0 Å². The molecule has 0 aromatic carbocycles. The number of carbonyl (C=O) groups excluding carboxylic acids is 1. The van der Waals surface area contributed by atoms with Crippen molar-refractivity contribution in [2.75, 3.05) is 12.9 Å². The van der Waals surface area contributed by atoms with E-state index < -0.39 is 16.8 Å². The van der Waals surface area contributed by atoms with E-state index in [9.17, 15) is 9.00 Å². The molecule has 0 saturated carbocycles. The molecule has 0 fully saturated rings. The molecule has 0 aliphatic heterocycles. The van der Waals surface area contributed by atoms with Crippen LogP contribution in [0.1, 0.15) is 57.4 Å². The summed E-state index contributed by atoms with van der Waals surface area (Å²) in [6, 6.07) is 3.38. The van der Waals surface area contributed by atoms with Crippen molar-refractivity contribution in [3.05, 3.63) is 24.0 Å². The zero-order valence-corrected chi connectivity index (χ0v) is 16.8. The Labute approximate surface area is 156 Å². The maximum atomic E-state index is 12.3. The summed E-state index contributed by atoms with van der Waals surface area (Å²) >= 11 is 0. The largest absolute Gasteiger partial charge is 0.461 e. The summed E-state index contributed by atoms with van der Waals surface area (Å²) in [5.74, 6) is -0.446. The lowest BCUT2D eigenvalue weighted by Crippen LogP contribution is -2.25. The molecule has 1 unspecified atom stereocenters. The molecule has 2 rings (SSSR count). The number of unbranched alkanes of at least 4 members (excludes halogenated alkanes) is 2. The van der Waals surface area contributed by atoms with E-state index in [2.05, 4.69) is 22.0 Å². The Balaban J connectivity index is 2.36. The van der Waals surface area contributed by atoms with Crippen molar-refractivity contribution in [3.63, 3.8) is 0 Å². The smallest absolute Gasteiger partial charge is 0.358 e. The molecule has 0 N–H and O–H groups in total. The van der Waals surface area contributed by atoms with Gasteiger partial charge in [0.15, 0.2) is 5.69 Å². The lowest BCUT2D eigenvalue weighted by atomic mass is 10.1. The Morgan fingerprint density at radius 3 is 2.65 bits per heavy atom. The summed E-state index contributed by atoms with van der Waals surface area (Å²) in [5.41, 5.74) is 1.10. The number of rotatable bonds is 7. The molecule has 2 heterocycles. The Morgan fingerprint density at radius 2 is 2.04 bits per heavy atom. The van der Waals surface area contributed by atoms with Gasteiger partial charge in [-0.2, -0.15) is 5.10 Å². The Kier molecular flexibility index (Phi) is 6.63. The van der Waals surface area contributed by atoms with E-state index in [1.54, 1.807) is 23.0 Å². The van der Waals surface area contributed by atoms with E-state index >= 15 is 0 Å². The second-order valence-corrected chi connectivity index (χ2v) is 8.29.